The molecular formula is C31H28N2O5. The molecular weight excluding hydrogens is 480 g/mol. The molecule has 7 nitrogen and oxygen atoms in total. The van der Waals surface area contributed by atoms with E-state index in [4.69, 9.17) is 4.74 Å². The Balaban J connectivity index is 1.70. The van der Waals surface area contributed by atoms with Gasteiger partial charge in [0, 0.05) is 28.4 Å². The van der Waals surface area contributed by atoms with Gasteiger partial charge < -0.3 is 14.8 Å². The second-order valence-electron chi connectivity index (χ2n) is 10.3. The molecule has 4 aromatic rings. The lowest BCUT2D eigenvalue weighted by Gasteiger charge is -2.26. The number of hydrogen-bond acceptors (Lipinski definition) is 5. The highest BCUT2D eigenvalue weighted by atomic mass is 16.5. The molecule has 1 aromatic heterocycles. The molecule has 1 fully saturated rings. The van der Waals surface area contributed by atoms with Gasteiger partial charge in [-0.1, -0.05) is 63.2 Å². The number of benzene rings is 3. The summed E-state index contributed by atoms with van der Waals surface area (Å²) in [4.78, 5) is 43.4. The van der Waals surface area contributed by atoms with E-state index in [1.54, 1.807) is 30.5 Å². The molecule has 1 aliphatic rings. The van der Waals surface area contributed by atoms with E-state index in [-0.39, 0.29) is 16.7 Å². The Morgan fingerprint density at radius 1 is 0.947 bits per heavy atom. The number of aromatic nitrogens is 1. The molecule has 5 rings (SSSR count). The topological polar surface area (TPSA) is 99.7 Å². The number of carbonyl (C=O) groups excluding carboxylic acids is 3. The summed E-state index contributed by atoms with van der Waals surface area (Å²) in [6, 6.07) is 20.5. The number of rotatable bonds is 4. The van der Waals surface area contributed by atoms with Crippen LogP contribution in [0.15, 0.2) is 84.6 Å². The van der Waals surface area contributed by atoms with Crippen LogP contribution < -0.4 is 4.90 Å². The van der Waals surface area contributed by atoms with Crippen molar-refractivity contribution in [3.63, 3.8) is 0 Å². The molecule has 38 heavy (non-hydrogen) atoms. The van der Waals surface area contributed by atoms with E-state index in [1.807, 2.05) is 48.5 Å². The number of ketones is 1. The molecule has 1 aliphatic heterocycles. The first-order valence-electron chi connectivity index (χ1n) is 12.3. The number of Topliss-reactive ketones (excluding diaryl/α,β-unsaturated/α-hetero) is 1. The van der Waals surface area contributed by atoms with Crippen LogP contribution in [0.25, 0.3) is 16.7 Å². The number of hydrogen-bond donors (Lipinski definition) is 2. The predicted molar refractivity (Wildman–Crippen MR) is 146 cm³/mol. The van der Waals surface area contributed by atoms with E-state index < -0.39 is 23.7 Å². The zero-order chi connectivity index (χ0) is 27.2. The summed E-state index contributed by atoms with van der Waals surface area (Å²) in [5, 5.41) is 12.3. The Morgan fingerprint density at radius 3 is 2.24 bits per heavy atom. The minimum Gasteiger partial charge on any atom is -0.507 e. The van der Waals surface area contributed by atoms with Crippen LogP contribution in [0.5, 0.6) is 0 Å². The van der Waals surface area contributed by atoms with Gasteiger partial charge in [0.1, 0.15) is 5.76 Å². The van der Waals surface area contributed by atoms with Crippen molar-refractivity contribution >= 4 is 40.0 Å². The van der Waals surface area contributed by atoms with Crippen molar-refractivity contribution in [1.82, 2.24) is 4.98 Å². The van der Waals surface area contributed by atoms with Crippen LogP contribution in [0.3, 0.4) is 0 Å². The van der Waals surface area contributed by atoms with Gasteiger partial charge in [-0.25, -0.2) is 4.79 Å². The van der Waals surface area contributed by atoms with Crippen molar-refractivity contribution in [1.29, 1.82) is 0 Å². The quantitative estimate of drug-likeness (QED) is 0.155. The van der Waals surface area contributed by atoms with Crippen molar-refractivity contribution in [3.05, 3.63) is 107 Å². The van der Waals surface area contributed by atoms with E-state index >= 15 is 0 Å². The van der Waals surface area contributed by atoms with Gasteiger partial charge in [-0.2, -0.15) is 0 Å². The summed E-state index contributed by atoms with van der Waals surface area (Å²) in [5.74, 6) is -2.30. The molecule has 192 valence electrons. The number of aliphatic hydroxyl groups excluding tert-OH is 1. The molecule has 3 aromatic carbocycles. The van der Waals surface area contributed by atoms with E-state index in [0.29, 0.717) is 22.4 Å². The molecule has 0 saturated carbocycles. The first-order valence-corrected chi connectivity index (χ1v) is 12.3. The molecule has 0 aliphatic carbocycles. The maximum atomic E-state index is 13.5. The highest BCUT2D eigenvalue weighted by Gasteiger charge is 2.47. The first-order chi connectivity index (χ1) is 18.1. The van der Waals surface area contributed by atoms with Gasteiger partial charge in [0.2, 0.25) is 0 Å². The molecule has 0 radical (unpaired) electrons. The molecule has 1 amide bonds. The summed E-state index contributed by atoms with van der Waals surface area (Å²) < 4.78 is 4.78. The number of carbonyl (C=O) groups is 3. The van der Waals surface area contributed by atoms with Gasteiger partial charge in [-0.05, 0) is 46.9 Å². The van der Waals surface area contributed by atoms with Crippen LogP contribution in [-0.4, -0.2) is 34.9 Å². The van der Waals surface area contributed by atoms with Crippen molar-refractivity contribution in [2.24, 2.45) is 0 Å². The van der Waals surface area contributed by atoms with Crippen molar-refractivity contribution in [2.75, 3.05) is 12.0 Å². The summed E-state index contributed by atoms with van der Waals surface area (Å²) in [6.45, 7) is 6.32. The number of nitrogens with one attached hydrogen (secondary N) is 1. The number of para-hydroxylation sites is 1. The van der Waals surface area contributed by atoms with Crippen LogP contribution >= 0.6 is 0 Å². The largest absolute Gasteiger partial charge is 0.507 e. The molecule has 2 N–H and O–H groups in total. The number of amides is 1. The number of nitrogens with zero attached hydrogens (tertiary/aromatic N) is 1. The number of fused-ring (bicyclic) bond motifs is 1. The van der Waals surface area contributed by atoms with Gasteiger partial charge in [0.05, 0.1) is 24.3 Å². The number of aromatic amines is 1. The van der Waals surface area contributed by atoms with E-state index in [1.165, 1.54) is 12.0 Å². The van der Waals surface area contributed by atoms with Crippen LogP contribution in [0.2, 0.25) is 0 Å². The number of aliphatic hydroxyl groups is 1. The Labute approximate surface area is 220 Å². The third-order valence-corrected chi connectivity index (χ3v) is 6.95. The molecule has 1 atom stereocenters. The third kappa shape index (κ3) is 4.16. The molecule has 0 bridgehead atoms. The smallest absolute Gasteiger partial charge is 0.337 e. The van der Waals surface area contributed by atoms with Crippen LogP contribution in [-0.2, 0) is 19.7 Å². The molecule has 1 unspecified atom stereocenters. The molecule has 1 saturated heterocycles. The lowest BCUT2D eigenvalue weighted by atomic mass is 9.85. The van der Waals surface area contributed by atoms with Gasteiger partial charge >= 0.3 is 5.97 Å². The molecule has 2 heterocycles. The Hall–Kier alpha value is -4.65. The fourth-order valence-electron chi connectivity index (χ4n) is 4.87. The summed E-state index contributed by atoms with van der Waals surface area (Å²) in [6.07, 6.45) is 1.64. The van der Waals surface area contributed by atoms with E-state index in [2.05, 4.69) is 25.8 Å². The zero-order valence-corrected chi connectivity index (χ0v) is 21.6. The average Bonchev–Trinajstić information content (AvgIpc) is 3.46. The van der Waals surface area contributed by atoms with Gasteiger partial charge in [0.15, 0.2) is 0 Å². The maximum absolute atomic E-state index is 13.5. The lowest BCUT2D eigenvalue weighted by molar-refractivity contribution is -0.132. The highest BCUT2D eigenvalue weighted by Crippen LogP contribution is 2.43. The van der Waals surface area contributed by atoms with Gasteiger partial charge in [-0.3, -0.25) is 14.5 Å². The summed E-state index contributed by atoms with van der Waals surface area (Å²) >= 11 is 0. The number of esters is 1. The number of anilines is 1. The fraction of sp³-hybridized carbons (Fsp3) is 0.194. The fourth-order valence-corrected chi connectivity index (χ4v) is 4.87. The third-order valence-electron chi connectivity index (χ3n) is 6.95. The zero-order valence-electron chi connectivity index (χ0n) is 21.6. The first kappa shape index (κ1) is 25.0. The lowest BCUT2D eigenvalue weighted by Crippen LogP contribution is -2.29. The second kappa shape index (κ2) is 9.34. The minimum atomic E-state index is -0.873. The Morgan fingerprint density at radius 2 is 1.61 bits per heavy atom. The van der Waals surface area contributed by atoms with Gasteiger partial charge in [0.25, 0.3) is 11.7 Å². The van der Waals surface area contributed by atoms with E-state index in [9.17, 15) is 19.5 Å². The van der Waals surface area contributed by atoms with Crippen molar-refractivity contribution < 1.29 is 24.2 Å². The minimum absolute atomic E-state index is 0.000283. The maximum Gasteiger partial charge on any atom is 0.337 e. The number of H-pyrrole nitrogens is 1. The Kier molecular flexibility index (Phi) is 6.15. The average molecular weight is 509 g/mol. The monoisotopic (exact) mass is 508 g/mol. The summed E-state index contributed by atoms with van der Waals surface area (Å²) in [5.41, 5.74) is 3.66. The van der Waals surface area contributed by atoms with Gasteiger partial charge in [-0.15, -0.1) is 0 Å². The van der Waals surface area contributed by atoms with Crippen LogP contribution in [0.4, 0.5) is 5.69 Å². The standard InChI is InChI=1S/C31H28N2O5/c1-31(2,3)20-13-9-18(10-14-20)26-25(27(34)23-17-32-24-8-6-5-7-22(23)24)28(35)29(36)33(26)21-15-11-19(12-16-21)30(37)38-4/h5-17,26,32,34H,1-4H3/b27-25-. The number of ether oxygens (including phenoxy) is 1. The predicted octanol–water partition coefficient (Wildman–Crippen LogP) is 5.88. The van der Waals surface area contributed by atoms with Crippen LogP contribution in [0, 0.1) is 0 Å². The highest BCUT2D eigenvalue weighted by molar-refractivity contribution is 6.51. The molecule has 0 spiro atoms. The Bertz CT molecular complexity index is 1590. The van der Waals surface area contributed by atoms with Crippen LogP contribution in [0.1, 0.15) is 53.9 Å². The van der Waals surface area contributed by atoms with Crippen molar-refractivity contribution in [3.8, 4) is 0 Å². The van der Waals surface area contributed by atoms with E-state index in [0.717, 1.165) is 16.5 Å². The van der Waals surface area contributed by atoms with Crippen molar-refractivity contribution in [2.45, 2.75) is 32.2 Å². The normalized spacial score (nSPS) is 17.3. The summed E-state index contributed by atoms with van der Waals surface area (Å²) in [7, 11) is 1.29. The number of methoxy groups -OCH3 is 1. The molecule has 7 heteroatoms. The SMILES string of the molecule is COC(=O)c1ccc(N2C(=O)C(=O)/C(=C(\O)c3c[nH]c4ccccc34)C2c2ccc(C(C)(C)C)cc2)cc1. The second-order valence-corrected chi connectivity index (χ2v) is 10.3.